The highest BCUT2D eigenvalue weighted by molar-refractivity contribution is 5.85. The first-order chi connectivity index (χ1) is 9.30. The van der Waals surface area contributed by atoms with Gasteiger partial charge in [0.05, 0.1) is 13.0 Å². The van der Waals surface area contributed by atoms with Crippen LogP contribution < -0.4 is 10.6 Å². The van der Waals surface area contributed by atoms with E-state index in [0.717, 1.165) is 13.1 Å². The maximum Gasteiger partial charge on any atom is 0.303 e. The van der Waals surface area contributed by atoms with Gasteiger partial charge in [0.2, 0.25) is 11.8 Å². The lowest BCUT2D eigenvalue weighted by molar-refractivity contribution is -0.140. The van der Waals surface area contributed by atoms with Crippen molar-refractivity contribution in [2.45, 2.75) is 26.7 Å². The van der Waals surface area contributed by atoms with Crippen LogP contribution in [0.2, 0.25) is 0 Å². The Bertz CT molecular complexity index is 376. The zero-order valence-corrected chi connectivity index (χ0v) is 12.1. The lowest BCUT2D eigenvalue weighted by Gasteiger charge is -2.27. The summed E-state index contributed by atoms with van der Waals surface area (Å²) in [7, 11) is 0. The molecule has 0 radical (unpaired) electrons. The smallest absolute Gasteiger partial charge is 0.303 e. The SMILES string of the molecule is CC(C)(CC(=O)O)CC(=O)NCC(=O)N1CCNCC1. The highest BCUT2D eigenvalue weighted by Crippen LogP contribution is 2.24. The van der Waals surface area contributed by atoms with Gasteiger partial charge in [0.1, 0.15) is 0 Å². The predicted octanol–water partition coefficient (Wildman–Crippen LogP) is -0.575. The number of rotatable bonds is 6. The predicted molar refractivity (Wildman–Crippen MR) is 73.1 cm³/mol. The average molecular weight is 285 g/mol. The third kappa shape index (κ3) is 6.01. The number of carbonyl (C=O) groups is 3. The molecular formula is C13H23N3O4. The Balaban J connectivity index is 2.31. The molecule has 114 valence electrons. The quantitative estimate of drug-likeness (QED) is 0.607. The highest BCUT2D eigenvalue weighted by Gasteiger charge is 2.25. The number of nitrogens with one attached hydrogen (secondary N) is 2. The van der Waals surface area contributed by atoms with Gasteiger partial charge in [-0.3, -0.25) is 14.4 Å². The number of carboxylic acids is 1. The van der Waals surface area contributed by atoms with Crippen molar-refractivity contribution in [2.75, 3.05) is 32.7 Å². The maximum absolute atomic E-state index is 11.8. The number of carbonyl (C=O) groups excluding carboxylic acids is 2. The molecule has 0 aromatic rings. The van der Waals surface area contributed by atoms with Gasteiger partial charge in [-0.2, -0.15) is 0 Å². The van der Waals surface area contributed by atoms with Crippen molar-refractivity contribution in [2.24, 2.45) is 5.41 Å². The Labute approximate surface area is 118 Å². The van der Waals surface area contributed by atoms with E-state index in [1.165, 1.54) is 0 Å². The first kappa shape index (κ1) is 16.4. The van der Waals surface area contributed by atoms with Gasteiger partial charge in [0, 0.05) is 32.6 Å². The molecule has 0 aromatic carbocycles. The number of amides is 2. The normalized spacial score (nSPS) is 15.8. The molecule has 1 aliphatic heterocycles. The zero-order valence-electron chi connectivity index (χ0n) is 12.1. The molecule has 0 bridgehead atoms. The summed E-state index contributed by atoms with van der Waals surface area (Å²) in [5.41, 5.74) is -0.617. The van der Waals surface area contributed by atoms with E-state index in [-0.39, 0.29) is 31.2 Å². The third-order valence-electron chi connectivity index (χ3n) is 3.18. The summed E-state index contributed by atoms with van der Waals surface area (Å²) < 4.78 is 0. The fraction of sp³-hybridized carbons (Fsp3) is 0.769. The van der Waals surface area contributed by atoms with E-state index < -0.39 is 11.4 Å². The van der Waals surface area contributed by atoms with E-state index in [1.54, 1.807) is 18.7 Å². The molecule has 7 heteroatoms. The van der Waals surface area contributed by atoms with Gasteiger partial charge in [-0.15, -0.1) is 0 Å². The summed E-state index contributed by atoms with van der Waals surface area (Å²) in [6.07, 6.45) is 0.0142. The molecule has 1 aliphatic rings. The van der Waals surface area contributed by atoms with E-state index in [9.17, 15) is 14.4 Å². The van der Waals surface area contributed by atoms with Gasteiger partial charge in [-0.25, -0.2) is 0 Å². The van der Waals surface area contributed by atoms with Crippen LogP contribution in [-0.2, 0) is 14.4 Å². The second-order valence-electron chi connectivity index (χ2n) is 5.82. The molecule has 0 atom stereocenters. The van der Waals surface area contributed by atoms with E-state index in [0.29, 0.717) is 13.1 Å². The minimum absolute atomic E-state index is 0.0258. The van der Waals surface area contributed by atoms with Gasteiger partial charge >= 0.3 is 5.97 Å². The maximum atomic E-state index is 11.8. The Morgan fingerprint density at radius 2 is 1.80 bits per heavy atom. The van der Waals surface area contributed by atoms with Crippen LogP contribution in [0.3, 0.4) is 0 Å². The molecule has 0 aliphatic carbocycles. The number of piperazine rings is 1. The largest absolute Gasteiger partial charge is 0.481 e. The van der Waals surface area contributed by atoms with Crippen molar-refractivity contribution < 1.29 is 19.5 Å². The van der Waals surface area contributed by atoms with Gasteiger partial charge in [0.25, 0.3) is 0 Å². The third-order valence-corrected chi connectivity index (χ3v) is 3.18. The Morgan fingerprint density at radius 1 is 1.20 bits per heavy atom. The molecule has 0 unspecified atom stereocenters. The van der Waals surface area contributed by atoms with Crippen molar-refractivity contribution in [3.05, 3.63) is 0 Å². The number of nitrogens with zero attached hydrogens (tertiary/aromatic N) is 1. The van der Waals surface area contributed by atoms with Gasteiger partial charge in [-0.05, 0) is 5.41 Å². The van der Waals surface area contributed by atoms with Crippen molar-refractivity contribution in [3.63, 3.8) is 0 Å². The highest BCUT2D eigenvalue weighted by atomic mass is 16.4. The Hall–Kier alpha value is -1.63. The van der Waals surface area contributed by atoms with Crippen molar-refractivity contribution >= 4 is 17.8 Å². The number of carboxylic acid groups (broad SMARTS) is 1. The molecule has 1 saturated heterocycles. The molecule has 1 heterocycles. The molecule has 2 amide bonds. The molecule has 3 N–H and O–H groups in total. The van der Waals surface area contributed by atoms with Crippen LogP contribution in [-0.4, -0.2) is 60.5 Å². The van der Waals surface area contributed by atoms with Crippen LogP contribution in [0.4, 0.5) is 0 Å². The summed E-state index contributed by atoms with van der Waals surface area (Å²) in [5.74, 6) is -1.32. The summed E-state index contributed by atoms with van der Waals surface area (Å²) in [6.45, 7) is 6.26. The minimum atomic E-state index is -0.931. The van der Waals surface area contributed by atoms with Crippen molar-refractivity contribution in [1.29, 1.82) is 0 Å². The van der Waals surface area contributed by atoms with E-state index >= 15 is 0 Å². The fourth-order valence-electron chi connectivity index (χ4n) is 2.17. The molecule has 0 spiro atoms. The van der Waals surface area contributed by atoms with E-state index in [1.807, 2.05) is 0 Å². The first-order valence-corrected chi connectivity index (χ1v) is 6.77. The van der Waals surface area contributed by atoms with Gasteiger partial charge < -0.3 is 20.6 Å². The standard InChI is InChI=1S/C13H23N3O4/c1-13(2,8-12(19)20)7-10(17)15-9-11(18)16-5-3-14-4-6-16/h14H,3-9H2,1-2H3,(H,15,17)(H,19,20). The second kappa shape index (κ2) is 7.23. The van der Waals surface area contributed by atoms with Crippen LogP contribution >= 0.6 is 0 Å². The zero-order chi connectivity index (χ0) is 15.2. The van der Waals surface area contributed by atoms with E-state index in [2.05, 4.69) is 10.6 Å². The summed E-state index contributed by atoms with van der Waals surface area (Å²) in [6, 6.07) is 0. The molecule has 20 heavy (non-hydrogen) atoms. The second-order valence-corrected chi connectivity index (χ2v) is 5.82. The number of aliphatic carboxylic acids is 1. The molecular weight excluding hydrogens is 262 g/mol. The number of hydrogen-bond donors (Lipinski definition) is 3. The molecule has 7 nitrogen and oxygen atoms in total. The summed E-state index contributed by atoms with van der Waals surface area (Å²) >= 11 is 0. The molecule has 0 aromatic heterocycles. The van der Waals surface area contributed by atoms with Gasteiger partial charge in [-0.1, -0.05) is 13.8 Å². The van der Waals surface area contributed by atoms with Crippen LogP contribution in [0.1, 0.15) is 26.7 Å². The van der Waals surface area contributed by atoms with Crippen molar-refractivity contribution in [3.8, 4) is 0 Å². The lowest BCUT2D eigenvalue weighted by Crippen LogP contribution is -2.49. The lowest BCUT2D eigenvalue weighted by atomic mass is 9.85. The summed E-state index contributed by atoms with van der Waals surface area (Å²) in [4.78, 5) is 36.0. The van der Waals surface area contributed by atoms with Gasteiger partial charge in [0.15, 0.2) is 0 Å². The van der Waals surface area contributed by atoms with Crippen LogP contribution in [0.25, 0.3) is 0 Å². The van der Waals surface area contributed by atoms with Crippen LogP contribution in [0.15, 0.2) is 0 Å². The molecule has 0 saturated carbocycles. The molecule has 1 rings (SSSR count). The van der Waals surface area contributed by atoms with E-state index in [4.69, 9.17) is 5.11 Å². The monoisotopic (exact) mass is 285 g/mol. The fourth-order valence-corrected chi connectivity index (χ4v) is 2.17. The number of hydrogen-bond acceptors (Lipinski definition) is 4. The summed E-state index contributed by atoms with van der Waals surface area (Å²) in [5, 5.41) is 14.5. The Morgan fingerprint density at radius 3 is 2.35 bits per heavy atom. The minimum Gasteiger partial charge on any atom is -0.481 e. The Kier molecular flexibility index (Phi) is 5.94. The van der Waals surface area contributed by atoms with Crippen LogP contribution in [0, 0.1) is 5.41 Å². The van der Waals surface area contributed by atoms with Crippen LogP contribution in [0.5, 0.6) is 0 Å². The topological polar surface area (TPSA) is 98.7 Å². The average Bonchev–Trinajstić information content (AvgIpc) is 2.34. The molecule has 1 fully saturated rings. The van der Waals surface area contributed by atoms with Crippen molar-refractivity contribution in [1.82, 2.24) is 15.5 Å². The first-order valence-electron chi connectivity index (χ1n) is 6.77.